The van der Waals surface area contributed by atoms with Crippen LogP contribution in [0.3, 0.4) is 0 Å². The Bertz CT molecular complexity index is 2120. The molecule has 3 aromatic rings. The number of carbonyl (C=O) groups is 5. The number of imide groups is 2. The van der Waals surface area contributed by atoms with Gasteiger partial charge in [0.2, 0.25) is 11.8 Å². The molecule has 0 bridgehead atoms. The van der Waals surface area contributed by atoms with Gasteiger partial charge < -0.3 is 10.2 Å². The van der Waals surface area contributed by atoms with E-state index in [-0.39, 0.29) is 43.5 Å². The van der Waals surface area contributed by atoms with Crippen molar-refractivity contribution in [3.05, 3.63) is 97.6 Å². The number of hydrogen-bond acceptors (Lipinski definition) is 8. The molecule has 0 unspecified atom stereocenters. The summed E-state index contributed by atoms with van der Waals surface area (Å²) in [4.78, 5) is 73.6. The van der Waals surface area contributed by atoms with E-state index in [1.54, 1.807) is 30.3 Å². The zero-order valence-electron chi connectivity index (χ0n) is 27.2. The Kier molecular flexibility index (Phi) is 9.34. The van der Waals surface area contributed by atoms with Crippen molar-refractivity contribution in [2.45, 2.75) is 43.2 Å². The number of hydrogen-bond donors (Lipinski definition) is 3. The molecule has 0 spiro atoms. The highest BCUT2D eigenvalue weighted by atomic mass is 79.9. The Morgan fingerprint density at radius 3 is 2.40 bits per heavy atom. The van der Waals surface area contributed by atoms with Gasteiger partial charge in [0, 0.05) is 40.1 Å². The molecule has 3 heterocycles. The smallest absolute Gasteiger partial charge is 0.417 e. The predicted octanol–water partition coefficient (Wildman–Crippen LogP) is 6.73. The zero-order chi connectivity index (χ0) is 38.1. The van der Waals surface area contributed by atoms with Crippen LogP contribution in [0.4, 0.5) is 19.0 Å². The number of carboxylic acid groups (broad SMARTS) is 1. The number of aliphatic carboxylic acids is 1. The van der Waals surface area contributed by atoms with E-state index in [1.165, 1.54) is 18.2 Å². The van der Waals surface area contributed by atoms with E-state index in [0.717, 1.165) is 4.90 Å². The Balaban J connectivity index is 1.40. The molecule has 3 fully saturated rings. The fourth-order valence-corrected chi connectivity index (χ4v) is 9.27. The molecule has 1 saturated carbocycles. The van der Waals surface area contributed by atoms with Crippen molar-refractivity contribution >= 4 is 74.5 Å². The van der Waals surface area contributed by atoms with E-state index in [9.17, 15) is 37.5 Å². The minimum absolute atomic E-state index is 0.0439. The molecule has 4 amide bonds. The highest BCUT2D eigenvalue weighted by Crippen LogP contribution is 2.65. The van der Waals surface area contributed by atoms with Crippen LogP contribution in [-0.2, 0) is 35.6 Å². The van der Waals surface area contributed by atoms with Crippen LogP contribution in [0.5, 0.6) is 5.75 Å². The van der Waals surface area contributed by atoms with Gasteiger partial charge in [-0.2, -0.15) is 18.2 Å². The van der Waals surface area contributed by atoms with Crippen molar-refractivity contribution in [1.82, 2.24) is 14.9 Å². The highest BCUT2D eigenvalue weighted by Gasteiger charge is 2.70. The summed E-state index contributed by atoms with van der Waals surface area (Å²) in [7, 11) is 0. The van der Waals surface area contributed by atoms with E-state index in [1.807, 2.05) is 0 Å². The molecule has 1 aromatic heterocycles. The number of halogens is 6. The summed E-state index contributed by atoms with van der Waals surface area (Å²) < 4.78 is 40.8. The molecular formula is C36H28BrCl2F3N4O7. The van der Waals surface area contributed by atoms with Crippen molar-refractivity contribution in [3.63, 3.8) is 0 Å². The third-order valence-corrected chi connectivity index (χ3v) is 11.8. The number of hydrazine groups is 1. The van der Waals surface area contributed by atoms with Gasteiger partial charge in [0.15, 0.2) is 5.82 Å². The normalized spacial score (nSPS) is 26.7. The van der Waals surface area contributed by atoms with Gasteiger partial charge in [-0.15, -0.1) is 0 Å². The lowest BCUT2D eigenvalue weighted by atomic mass is 9.49. The van der Waals surface area contributed by atoms with Gasteiger partial charge in [-0.1, -0.05) is 62.9 Å². The maximum atomic E-state index is 15.2. The molecular weight excluding hydrogens is 808 g/mol. The number of allylic oxidation sites excluding steroid dienone is 2. The molecule has 3 N–H and O–H groups in total. The fourth-order valence-electron chi connectivity index (χ4n) is 8.56. The van der Waals surface area contributed by atoms with Crippen molar-refractivity contribution < 1.29 is 47.4 Å². The second-order valence-corrected chi connectivity index (χ2v) is 15.2. The van der Waals surface area contributed by atoms with Gasteiger partial charge in [0.25, 0.3) is 11.8 Å². The van der Waals surface area contributed by atoms with Gasteiger partial charge in [-0.3, -0.25) is 34.3 Å². The van der Waals surface area contributed by atoms with Gasteiger partial charge in [0.05, 0.1) is 33.8 Å². The number of fused-ring (bicyclic) bond motifs is 4. The first-order chi connectivity index (χ1) is 25.0. The van der Waals surface area contributed by atoms with Crippen molar-refractivity contribution in [2.24, 2.45) is 23.7 Å². The SMILES string of the molecule is O=C(O)CCCN1C(=O)[C@H]2[C@H](CC=C3[C@H]2C[C@H]2C(=O)N(Nc4ncc(C(F)(F)F)cc4Cl)C(=O)[C@@]2(c2ccc(Cl)cc2)[C@H]3c2cc(Br)ccc2O)C1=O. The fraction of sp³-hybridized carbons (Fsp3) is 0.333. The molecule has 2 saturated heterocycles. The standard InChI is InChI=1S/C36H28BrCl2F3N4O7/c37-18-5-10-26(47)23(13-18)29-20-8-9-21-28(33(52)45(31(21)50)11-1-2-27(48)49)22(20)14-24-32(51)46(34(53)35(24,29)16-3-6-19(38)7-4-16)44-30-25(39)12-17(15-43-30)36(40,41)42/h3-8,10,12-13,15,21-22,24,28-29,47H,1-2,9,11,14H2,(H,43,44)(H,48,49)/t21-,22+,24-,28-,29+,35+/m0/s1. The number of anilines is 1. The summed E-state index contributed by atoms with van der Waals surface area (Å²) in [6.07, 6.45) is -2.71. The third kappa shape index (κ3) is 5.96. The van der Waals surface area contributed by atoms with Crippen LogP contribution in [0.1, 0.15) is 48.3 Å². The summed E-state index contributed by atoms with van der Waals surface area (Å²) in [5, 5.41) is 21.1. The van der Waals surface area contributed by atoms with Gasteiger partial charge in [-0.25, -0.2) is 4.98 Å². The monoisotopic (exact) mass is 834 g/mol. The molecule has 17 heteroatoms. The summed E-state index contributed by atoms with van der Waals surface area (Å²) in [5.74, 6) is -9.25. The van der Waals surface area contributed by atoms with Gasteiger partial charge >= 0.3 is 12.1 Å². The number of alkyl halides is 3. The largest absolute Gasteiger partial charge is 0.508 e. The molecule has 4 aliphatic rings. The minimum atomic E-state index is -4.77. The second-order valence-electron chi connectivity index (χ2n) is 13.4. The molecule has 2 aliphatic heterocycles. The molecule has 11 nitrogen and oxygen atoms in total. The maximum Gasteiger partial charge on any atom is 0.417 e. The number of phenolic OH excluding ortho intramolecular Hbond substituents is 1. The number of aromatic nitrogens is 1. The third-order valence-electron chi connectivity index (χ3n) is 10.7. The van der Waals surface area contributed by atoms with Crippen molar-refractivity contribution in [1.29, 1.82) is 0 Å². The van der Waals surface area contributed by atoms with Crippen LogP contribution in [0, 0.1) is 23.7 Å². The number of nitrogens with zero attached hydrogens (tertiary/aromatic N) is 3. The Morgan fingerprint density at radius 1 is 1.02 bits per heavy atom. The van der Waals surface area contributed by atoms with Crippen LogP contribution < -0.4 is 5.43 Å². The Hall–Kier alpha value is -4.47. The summed E-state index contributed by atoms with van der Waals surface area (Å²) in [5.41, 5.74) is 0.681. The van der Waals surface area contributed by atoms with Crippen LogP contribution in [0.2, 0.25) is 10.0 Å². The number of amides is 4. The van der Waals surface area contributed by atoms with E-state index in [4.69, 9.17) is 28.3 Å². The van der Waals surface area contributed by atoms with E-state index in [2.05, 4.69) is 26.3 Å². The number of carboxylic acids is 1. The number of pyridine rings is 1. The molecule has 276 valence electrons. The number of phenols is 1. The quantitative estimate of drug-likeness (QED) is 0.166. The van der Waals surface area contributed by atoms with Crippen molar-refractivity contribution in [2.75, 3.05) is 12.0 Å². The summed E-state index contributed by atoms with van der Waals surface area (Å²) in [6, 6.07) is 11.4. The van der Waals surface area contributed by atoms with Crippen molar-refractivity contribution in [3.8, 4) is 5.75 Å². The average Bonchev–Trinajstić information content (AvgIpc) is 3.47. The number of rotatable bonds is 8. The van der Waals surface area contributed by atoms with Crippen LogP contribution in [0.25, 0.3) is 0 Å². The second kappa shape index (κ2) is 13.4. The molecule has 2 aliphatic carbocycles. The topological polar surface area (TPSA) is 157 Å². The van der Waals surface area contributed by atoms with E-state index in [0.29, 0.717) is 37.9 Å². The number of aromatic hydroxyl groups is 1. The van der Waals surface area contributed by atoms with E-state index >= 15 is 4.79 Å². The van der Waals surface area contributed by atoms with Gasteiger partial charge in [0.1, 0.15) is 5.75 Å². The highest BCUT2D eigenvalue weighted by molar-refractivity contribution is 9.10. The molecule has 7 rings (SSSR count). The first-order valence-electron chi connectivity index (χ1n) is 16.4. The number of carbonyl (C=O) groups excluding carboxylic acids is 4. The van der Waals surface area contributed by atoms with Crippen LogP contribution in [0.15, 0.2) is 70.8 Å². The first-order valence-corrected chi connectivity index (χ1v) is 18.0. The first kappa shape index (κ1) is 36.9. The molecule has 2 aromatic carbocycles. The Morgan fingerprint density at radius 2 is 1.74 bits per heavy atom. The van der Waals surface area contributed by atoms with Crippen LogP contribution in [-0.4, -0.2) is 61.2 Å². The summed E-state index contributed by atoms with van der Waals surface area (Å²) in [6.45, 7) is -0.108. The molecule has 53 heavy (non-hydrogen) atoms. The molecule has 0 radical (unpaired) electrons. The van der Waals surface area contributed by atoms with Gasteiger partial charge in [-0.05, 0) is 67.1 Å². The zero-order valence-corrected chi connectivity index (χ0v) is 30.3. The maximum absolute atomic E-state index is 15.2. The lowest BCUT2D eigenvalue weighted by Crippen LogP contribution is -2.53. The lowest BCUT2D eigenvalue weighted by molar-refractivity contribution is -0.142. The minimum Gasteiger partial charge on any atom is -0.508 e. The summed E-state index contributed by atoms with van der Waals surface area (Å²) >= 11 is 15.9. The number of likely N-dealkylation sites (tertiary alicyclic amines) is 1. The lowest BCUT2D eigenvalue weighted by Gasteiger charge is -2.50. The predicted molar refractivity (Wildman–Crippen MR) is 186 cm³/mol. The number of nitrogens with one attached hydrogen (secondary N) is 1. The van der Waals surface area contributed by atoms with E-state index < -0.39 is 87.2 Å². The molecule has 6 atom stereocenters. The Labute approximate surface area is 317 Å². The average molecular weight is 836 g/mol. The number of benzene rings is 2. The van der Waals surface area contributed by atoms with Crippen LogP contribution >= 0.6 is 39.1 Å².